The molecule has 0 bridgehead atoms. The van der Waals surface area contributed by atoms with E-state index in [0.717, 1.165) is 16.3 Å². The van der Waals surface area contributed by atoms with Crippen molar-refractivity contribution in [1.29, 1.82) is 0 Å². The zero-order valence-electron chi connectivity index (χ0n) is 16.4. The van der Waals surface area contributed by atoms with Crippen LogP contribution < -0.4 is 15.9 Å². The van der Waals surface area contributed by atoms with Crippen molar-refractivity contribution >= 4 is 38.0 Å². The fraction of sp³-hybridized carbons (Fsp3) is 0.0455. The fourth-order valence-corrected chi connectivity index (χ4v) is 3.95. The molecule has 0 radical (unpaired) electrons. The first-order chi connectivity index (χ1) is 15.0. The SMILES string of the molecule is Nc1ccc(S(=O)(=O)NC/C(=N\Nc2nncc3ccccc23)c2ccccc2)cc1. The Bertz CT molecular complexity index is 1320. The lowest BCUT2D eigenvalue weighted by Gasteiger charge is -2.11. The van der Waals surface area contributed by atoms with Crippen LogP contribution in [-0.2, 0) is 10.0 Å². The lowest BCUT2D eigenvalue weighted by molar-refractivity contribution is 0.586. The molecule has 0 saturated heterocycles. The van der Waals surface area contributed by atoms with E-state index in [1.54, 1.807) is 18.3 Å². The van der Waals surface area contributed by atoms with Crippen LogP contribution in [0.15, 0.2) is 95.1 Å². The number of benzene rings is 3. The fourth-order valence-electron chi connectivity index (χ4n) is 2.96. The zero-order valence-corrected chi connectivity index (χ0v) is 17.3. The second-order valence-corrected chi connectivity index (χ2v) is 8.48. The third-order valence-electron chi connectivity index (χ3n) is 4.59. The van der Waals surface area contributed by atoms with Gasteiger partial charge in [0.25, 0.3) is 0 Å². The Morgan fingerprint density at radius 1 is 0.935 bits per heavy atom. The first kappa shape index (κ1) is 20.5. The van der Waals surface area contributed by atoms with Gasteiger partial charge in [0.2, 0.25) is 10.0 Å². The van der Waals surface area contributed by atoms with Crippen LogP contribution in [0.2, 0.25) is 0 Å². The van der Waals surface area contributed by atoms with Crippen LogP contribution in [0.25, 0.3) is 10.8 Å². The van der Waals surface area contributed by atoms with Gasteiger partial charge < -0.3 is 5.73 Å². The summed E-state index contributed by atoms with van der Waals surface area (Å²) < 4.78 is 27.9. The Kier molecular flexibility index (Phi) is 5.87. The molecule has 0 fully saturated rings. The molecule has 4 aromatic rings. The molecule has 31 heavy (non-hydrogen) atoms. The topological polar surface area (TPSA) is 122 Å². The van der Waals surface area contributed by atoms with Crippen molar-refractivity contribution in [2.45, 2.75) is 4.90 Å². The Morgan fingerprint density at radius 2 is 1.65 bits per heavy atom. The van der Waals surface area contributed by atoms with Gasteiger partial charge >= 0.3 is 0 Å². The number of fused-ring (bicyclic) bond motifs is 1. The molecule has 0 aliphatic rings. The summed E-state index contributed by atoms with van der Waals surface area (Å²) in [6.45, 7) is -0.0259. The van der Waals surface area contributed by atoms with Crippen molar-refractivity contribution in [3.8, 4) is 0 Å². The molecule has 3 aromatic carbocycles. The summed E-state index contributed by atoms with van der Waals surface area (Å²) in [5.74, 6) is 0.480. The smallest absolute Gasteiger partial charge is 0.240 e. The third kappa shape index (κ3) is 4.85. The second-order valence-electron chi connectivity index (χ2n) is 6.71. The molecule has 156 valence electrons. The summed E-state index contributed by atoms with van der Waals surface area (Å²) in [4.78, 5) is 0.127. The summed E-state index contributed by atoms with van der Waals surface area (Å²) in [6, 6.07) is 23.0. The highest BCUT2D eigenvalue weighted by Gasteiger charge is 2.15. The maximum Gasteiger partial charge on any atom is 0.240 e. The molecule has 0 spiro atoms. The standard InChI is InChI=1S/C22H20N6O2S/c23-18-10-12-19(13-11-18)31(29,30)25-15-21(16-6-2-1-3-7-16)26-28-22-20-9-5-4-8-17(20)14-24-27-22/h1-14,25H,15,23H2,(H,27,28)/b26-21+. The van der Waals surface area contributed by atoms with E-state index in [0.29, 0.717) is 17.2 Å². The molecule has 1 heterocycles. The van der Waals surface area contributed by atoms with E-state index in [9.17, 15) is 8.42 Å². The average Bonchev–Trinajstić information content (AvgIpc) is 2.80. The molecule has 4 rings (SSSR count). The van der Waals surface area contributed by atoms with Crippen molar-refractivity contribution in [2.75, 3.05) is 17.7 Å². The number of nitrogens with one attached hydrogen (secondary N) is 2. The Morgan fingerprint density at radius 3 is 2.42 bits per heavy atom. The molecule has 0 aliphatic carbocycles. The van der Waals surface area contributed by atoms with Crippen LogP contribution in [-0.4, -0.2) is 30.9 Å². The van der Waals surface area contributed by atoms with E-state index in [1.807, 2.05) is 54.6 Å². The van der Waals surface area contributed by atoms with E-state index in [-0.39, 0.29) is 11.4 Å². The van der Waals surface area contributed by atoms with Gasteiger partial charge in [0.1, 0.15) is 0 Å². The maximum absolute atomic E-state index is 12.7. The van der Waals surface area contributed by atoms with Gasteiger partial charge in [-0.05, 0) is 29.8 Å². The van der Waals surface area contributed by atoms with Gasteiger partial charge in [-0.3, -0.25) is 5.43 Å². The van der Waals surface area contributed by atoms with E-state index in [2.05, 4.69) is 25.4 Å². The zero-order chi connectivity index (χ0) is 21.7. The lowest BCUT2D eigenvalue weighted by Crippen LogP contribution is -2.30. The Labute approximate surface area is 179 Å². The molecule has 0 saturated carbocycles. The minimum absolute atomic E-state index is 0.0259. The van der Waals surface area contributed by atoms with Crippen molar-refractivity contribution in [1.82, 2.24) is 14.9 Å². The maximum atomic E-state index is 12.7. The number of nitrogens with two attached hydrogens (primary N) is 1. The van der Waals surface area contributed by atoms with Gasteiger partial charge in [0.05, 0.1) is 23.3 Å². The van der Waals surface area contributed by atoms with Gasteiger partial charge in [0, 0.05) is 16.5 Å². The first-order valence-electron chi connectivity index (χ1n) is 9.46. The van der Waals surface area contributed by atoms with Crippen molar-refractivity contribution in [3.05, 3.63) is 90.6 Å². The van der Waals surface area contributed by atoms with Crippen LogP contribution in [0, 0.1) is 0 Å². The molecule has 0 amide bonds. The number of nitrogen functional groups attached to an aromatic ring is 1. The van der Waals surface area contributed by atoms with Crippen molar-refractivity contribution in [3.63, 3.8) is 0 Å². The van der Waals surface area contributed by atoms with E-state index in [4.69, 9.17) is 5.73 Å². The normalized spacial score (nSPS) is 12.1. The monoisotopic (exact) mass is 432 g/mol. The molecule has 4 N–H and O–H groups in total. The molecular weight excluding hydrogens is 412 g/mol. The minimum Gasteiger partial charge on any atom is -0.399 e. The number of hydrazone groups is 1. The Balaban J connectivity index is 1.61. The number of sulfonamides is 1. The van der Waals surface area contributed by atoms with Crippen LogP contribution in [0.4, 0.5) is 11.5 Å². The number of rotatable bonds is 7. The van der Waals surface area contributed by atoms with Gasteiger partial charge in [-0.25, -0.2) is 13.1 Å². The van der Waals surface area contributed by atoms with Gasteiger partial charge in [0.15, 0.2) is 5.82 Å². The number of nitrogens with zero attached hydrogens (tertiary/aromatic N) is 3. The molecule has 9 heteroatoms. The molecular formula is C22H20N6O2S. The van der Waals surface area contributed by atoms with Crippen LogP contribution >= 0.6 is 0 Å². The summed E-state index contributed by atoms with van der Waals surface area (Å²) in [6.07, 6.45) is 1.67. The highest BCUT2D eigenvalue weighted by atomic mass is 32.2. The van der Waals surface area contributed by atoms with Crippen LogP contribution in [0.5, 0.6) is 0 Å². The number of aromatic nitrogens is 2. The molecule has 0 aliphatic heterocycles. The number of anilines is 2. The molecule has 8 nitrogen and oxygen atoms in total. The van der Waals surface area contributed by atoms with Gasteiger partial charge in [-0.15, -0.1) is 5.10 Å². The molecule has 0 unspecified atom stereocenters. The van der Waals surface area contributed by atoms with E-state index >= 15 is 0 Å². The van der Waals surface area contributed by atoms with E-state index < -0.39 is 10.0 Å². The first-order valence-corrected chi connectivity index (χ1v) is 10.9. The summed E-state index contributed by atoms with van der Waals surface area (Å²) in [7, 11) is -3.74. The largest absolute Gasteiger partial charge is 0.399 e. The lowest BCUT2D eigenvalue weighted by atomic mass is 10.1. The molecule has 1 aromatic heterocycles. The van der Waals surface area contributed by atoms with Crippen LogP contribution in [0.1, 0.15) is 5.56 Å². The minimum atomic E-state index is -3.74. The van der Waals surface area contributed by atoms with Crippen molar-refractivity contribution in [2.24, 2.45) is 5.10 Å². The van der Waals surface area contributed by atoms with E-state index in [1.165, 1.54) is 12.1 Å². The average molecular weight is 433 g/mol. The van der Waals surface area contributed by atoms with Crippen molar-refractivity contribution < 1.29 is 8.42 Å². The summed E-state index contributed by atoms with van der Waals surface area (Å²) in [5, 5.41) is 14.3. The third-order valence-corrected chi connectivity index (χ3v) is 6.01. The second kappa shape index (κ2) is 8.90. The molecule has 0 atom stereocenters. The quantitative estimate of drug-likeness (QED) is 0.234. The van der Waals surface area contributed by atoms with Gasteiger partial charge in [-0.1, -0.05) is 54.6 Å². The van der Waals surface area contributed by atoms with Crippen LogP contribution in [0.3, 0.4) is 0 Å². The predicted octanol–water partition coefficient (Wildman–Crippen LogP) is 3.01. The summed E-state index contributed by atoms with van der Waals surface area (Å²) in [5.41, 5.74) is 10.3. The summed E-state index contributed by atoms with van der Waals surface area (Å²) >= 11 is 0. The highest BCUT2D eigenvalue weighted by Crippen LogP contribution is 2.19. The number of hydrogen-bond acceptors (Lipinski definition) is 7. The number of hydrogen-bond donors (Lipinski definition) is 3. The highest BCUT2D eigenvalue weighted by molar-refractivity contribution is 7.89. The predicted molar refractivity (Wildman–Crippen MR) is 122 cm³/mol. The van der Waals surface area contributed by atoms with Gasteiger partial charge in [-0.2, -0.15) is 10.2 Å². The Hall–Kier alpha value is -3.82.